The Balaban J connectivity index is 3.22. The maximum Gasteiger partial charge on any atom is 0.246 e. The number of nitrogen functional groups attached to an aromatic ring is 1. The number of rotatable bonds is 4. The molecule has 3 N–H and O–H groups in total. The molecule has 6 nitrogen and oxygen atoms in total. The van der Waals surface area contributed by atoms with Crippen molar-refractivity contribution in [3.8, 4) is 0 Å². The van der Waals surface area contributed by atoms with Gasteiger partial charge in [0.1, 0.15) is 4.90 Å². The van der Waals surface area contributed by atoms with Gasteiger partial charge in [-0.15, -0.1) is 6.58 Å². The minimum atomic E-state index is -3.64. The van der Waals surface area contributed by atoms with Crippen LogP contribution in [0.25, 0.3) is 0 Å². The Kier molecular flexibility index (Phi) is 3.39. The van der Waals surface area contributed by atoms with Gasteiger partial charge in [-0.1, -0.05) is 6.08 Å². The molecule has 1 aromatic heterocycles. The van der Waals surface area contributed by atoms with Gasteiger partial charge in [-0.2, -0.15) is 5.10 Å². The molecule has 16 heavy (non-hydrogen) atoms. The van der Waals surface area contributed by atoms with Crippen molar-refractivity contribution in [2.75, 3.05) is 5.73 Å². The molecular formula is C9H16N4O2S. The van der Waals surface area contributed by atoms with Crippen LogP contribution in [0.4, 0.5) is 5.82 Å². The molecule has 90 valence electrons. The van der Waals surface area contributed by atoms with Crippen LogP contribution in [-0.2, 0) is 17.1 Å². The first-order chi connectivity index (χ1) is 7.29. The first kappa shape index (κ1) is 12.7. The topological polar surface area (TPSA) is 90.0 Å². The molecule has 0 aliphatic carbocycles. The Labute approximate surface area is 95.2 Å². The number of anilines is 1. The lowest BCUT2D eigenvalue weighted by atomic mass is 10.4. The van der Waals surface area contributed by atoms with Gasteiger partial charge in [0.2, 0.25) is 10.0 Å². The minimum absolute atomic E-state index is 0.00348. The molecule has 0 amide bonds. The van der Waals surface area contributed by atoms with E-state index in [1.165, 1.54) is 10.8 Å². The van der Waals surface area contributed by atoms with Gasteiger partial charge in [-0.3, -0.25) is 4.68 Å². The van der Waals surface area contributed by atoms with Crippen LogP contribution < -0.4 is 10.5 Å². The third kappa shape index (κ3) is 2.25. The molecule has 1 heterocycles. The van der Waals surface area contributed by atoms with E-state index >= 15 is 0 Å². The van der Waals surface area contributed by atoms with Gasteiger partial charge in [0, 0.05) is 13.1 Å². The molecule has 1 unspecified atom stereocenters. The van der Waals surface area contributed by atoms with Gasteiger partial charge in [-0.25, -0.2) is 13.1 Å². The van der Waals surface area contributed by atoms with Crippen LogP contribution >= 0.6 is 0 Å². The van der Waals surface area contributed by atoms with Crippen LogP contribution in [-0.4, -0.2) is 24.2 Å². The Morgan fingerprint density at radius 2 is 2.19 bits per heavy atom. The largest absolute Gasteiger partial charge is 0.381 e. The number of hydrogen-bond donors (Lipinski definition) is 2. The number of nitrogens with zero attached hydrogens (tertiary/aromatic N) is 2. The fourth-order valence-electron chi connectivity index (χ4n) is 1.30. The summed E-state index contributed by atoms with van der Waals surface area (Å²) in [6, 6.07) is -0.357. The zero-order valence-electron chi connectivity index (χ0n) is 9.56. The van der Waals surface area contributed by atoms with Crippen molar-refractivity contribution >= 4 is 15.8 Å². The lowest BCUT2D eigenvalue weighted by Gasteiger charge is -2.10. The number of nitrogens with two attached hydrogens (primary N) is 1. The summed E-state index contributed by atoms with van der Waals surface area (Å²) in [6.07, 6.45) is 1.50. The van der Waals surface area contributed by atoms with Gasteiger partial charge < -0.3 is 5.73 Å². The second-order valence-corrected chi connectivity index (χ2v) is 5.22. The molecule has 0 radical (unpaired) electrons. The van der Waals surface area contributed by atoms with Gasteiger partial charge in [0.25, 0.3) is 0 Å². The number of aryl methyl sites for hydroxylation is 1. The first-order valence-corrected chi connectivity index (χ1v) is 6.22. The molecule has 1 aromatic rings. The van der Waals surface area contributed by atoms with Crippen LogP contribution in [0.1, 0.15) is 12.6 Å². The molecule has 0 aliphatic heterocycles. The van der Waals surface area contributed by atoms with Gasteiger partial charge >= 0.3 is 0 Å². The lowest BCUT2D eigenvalue weighted by molar-refractivity contribution is 0.575. The molecule has 1 atom stereocenters. The van der Waals surface area contributed by atoms with Crippen molar-refractivity contribution in [1.29, 1.82) is 0 Å². The monoisotopic (exact) mass is 244 g/mol. The highest BCUT2D eigenvalue weighted by atomic mass is 32.2. The third-order valence-electron chi connectivity index (χ3n) is 2.27. The summed E-state index contributed by atoms with van der Waals surface area (Å²) < 4.78 is 27.8. The minimum Gasteiger partial charge on any atom is -0.381 e. The van der Waals surface area contributed by atoms with Crippen molar-refractivity contribution in [2.45, 2.75) is 24.8 Å². The SMILES string of the molecule is C=CC(C)NS(=O)(=O)c1c(N)nn(C)c1C. The molecule has 0 saturated carbocycles. The van der Waals surface area contributed by atoms with Crippen LogP contribution in [0, 0.1) is 6.92 Å². The van der Waals surface area contributed by atoms with E-state index in [2.05, 4.69) is 16.4 Å². The predicted molar refractivity (Wildman–Crippen MR) is 62.3 cm³/mol. The quantitative estimate of drug-likeness (QED) is 0.738. The van der Waals surface area contributed by atoms with E-state index in [1.807, 2.05) is 0 Å². The summed E-state index contributed by atoms with van der Waals surface area (Å²) in [6.45, 7) is 6.85. The average molecular weight is 244 g/mol. The van der Waals surface area contributed by atoms with E-state index in [9.17, 15) is 8.42 Å². The van der Waals surface area contributed by atoms with E-state index < -0.39 is 10.0 Å². The van der Waals surface area contributed by atoms with Crippen LogP contribution in [0.2, 0.25) is 0 Å². The van der Waals surface area contributed by atoms with E-state index in [4.69, 9.17) is 5.73 Å². The first-order valence-electron chi connectivity index (χ1n) is 4.73. The van der Waals surface area contributed by atoms with Gasteiger partial charge in [0.05, 0.1) is 5.69 Å². The maximum atomic E-state index is 12.0. The van der Waals surface area contributed by atoms with Crippen molar-refractivity contribution in [3.05, 3.63) is 18.3 Å². The highest BCUT2D eigenvalue weighted by Crippen LogP contribution is 2.21. The number of aromatic nitrogens is 2. The fraction of sp³-hybridized carbons (Fsp3) is 0.444. The van der Waals surface area contributed by atoms with Crippen molar-refractivity contribution < 1.29 is 8.42 Å². The second-order valence-electron chi connectivity index (χ2n) is 3.57. The Morgan fingerprint density at radius 3 is 2.56 bits per heavy atom. The van der Waals surface area contributed by atoms with E-state index in [1.54, 1.807) is 20.9 Å². The summed E-state index contributed by atoms with van der Waals surface area (Å²) in [4.78, 5) is 0.0312. The number of hydrogen-bond acceptors (Lipinski definition) is 4. The zero-order valence-corrected chi connectivity index (χ0v) is 10.4. The molecule has 0 spiro atoms. The van der Waals surface area contributed by atoms with E-state index in [0.717, 1.165) is 0 Å². The summed E-state index contributed by atoms with van der Waals surface area (Å²) in [5, 5.41) is 3.86. The van der Waals surface area contributed by atoms with Crippen LogP contribution in [0.3, 0.4) is 0 Å². The summed E-state index contributed by atoms with van der Waals surface area (Å²) in [5.74, 6) is 0.00348. The Hall–Kier alpha value is -1.34. The van der Waals surface area contributed by atoms with E-state index in [-0.39, 0.29) is 16.8 Å². The Bertz CT molecular complexity index is 504. The molecule has 0 aromatic carbocycles. The van der Waals surface area contributed by atoms with Gasteiger partial charge in [-0.05, 0) is 13.8 Å². The lowest BCUT2D eigenvalue weighted by Crippen LogP contribution is -2.31. The maximum absolute atomic E-state index is 12.0. The van der Waals surface area contributed by atoms with Crippen LogP contribution in [0.15, 0.2) is 17.6 Å². The molecule has 0 bridgehead atoms. The third-order valence-corrected chi connectivity index (χ3v) is 3.99. The summed E-state index contributed by atoms with van der Waals surface area (Å²) in [7, 11) is -2.00. The average Bonchev–Trinajstić information content (AvgIpc) is 2.40. The molecule has 0 saturated heterocycles. The summed E-state index contributed by atoms with van der Waals surface area (Å²) >= 11 is 0. The molecule has 0 aliphatic rings. The van der Waals surface area contributed by atoms with Crippen molar-refractivity contribution in [1.82, 2.24) is 14.5 Å². The molecular weight excluding hydrogens is 228 g/mol. The zero-order chi connectivity index (χ0) is 12.5. The van der Waals surface area contributed by atoms with E-state index in [0.29, 0.717) is 5.69 Å². The summed E-state index contributed by atoms with van der Waals surface area (Å²) in [5.41, 5.74) is 6.07. The normalized spacial score (nSPS) is 13.7. The highest BCUT2D eigenvalue weighted by molar-refractivity contribution is 7.89. The predicted octanol–water partition coefficient (Wildman–Crippen LogP) is 0.164. The standard InChI is InChI=1S/C9H16N4O2S/c1-5-6(2)12-16(14,15)8-7(3)13(4)11-9(8)10/h5-6,12H,1H2,2-4H3,(H2,10,11). The molecule has 7 heteroatoms. The molecule has 1 rings (SSSR count). The Morgan fingerprint density at radius 1 is 1.62 bits per heavy atom. The van der Waals surface area contributed by atoms with Crippen molar-refractivity contribution in [3.63, 3.8) is 0 Å². The van der Waals surface area contributed by atoms with Crippen molar-refractivity contribution in [2.24, 2.45) is 7.05 Å². The molecule has 0 fully saturated rings. The van der Waals surface area contributed by atoms with Crippen LogP contribution in [0.5, 0.6) is 0 Å². The van der Waals surface area contributed by atoms with Gasteiger partial charge in [0.15, 0.2) is 5.82 Å². The number of sulfonamides is 1. The fourth-order valence-corrected chi connectivity index (χ4v) is 2.84. The highest BCUT2D eigenvalue weighted by Gasteiger charge is 2.25. The second kappa shape index (κ2) is 4.26. The number of nitrogens with one attached hydrogen (secondary N) is 1. The smallest absolute Gasteiger partial charge is 0.246 e.